The highest BCUT2D eigenvalue weighted by Crippen LogP contribution is 2.46. The first-order valence-corrected chi connectivity index (χ1v) is 6.59. The lowest BCUT2D eigenvalue weighted by Gasteiger charge is -2.42. The average Bonchev–Trinajstić information content (AvgIpc) is 2.49. The van der Waals surface area contributed by atoms with E-state index < -0.39 is 0 Å². The Hall–Kier alpha value is -0.340. The first-order valence-electron chi connectivity index (χ1n) is 5.77. The van der Waals surface area contributed by atoms with Crippen molar-refractivity contribution in [2.75, 3.05) is 0 Å². The molecular formula is C13H21NS. The molecule has 1 fully saturated rings. The molecule has 0 radical (unpaired) electrons. The van der Waals surface area contributed by atoms with E-state index >= 15 is 0 Å². The Bertz CT molecular complexity index is 353. The first-order chi connectivity index (χ1) is 6.91. The predicted molar refractivity (Wildman–Crippen MR) is 67.2 cm³/mol. The third kappa shape index (κ3) is 2.26. The Balaban J connectivity index is 2.26. The van der Waals surface area contributed by atoms with Crippen molar-refractivity contribution >= 4 is 11.3 Å². The van der Waals surface area contributed by atoms with Crippen LogP contribution in [-0.4, -0.2) is 0 Å². The fraction of sp³-hybridized carbons (Fsp3) is 0.692. The molecule has 0 aliphatic heterocycles. The minimum absolute atomic E-state index is 0.0549. The van der Waals surface area contributed by atoms with Gasteiger partial charge in [0, 0.05) is 9.75 Å². The molecule has 1 unspecified atom stereocenters. The summed E-state index contributed by atoms with van der Waals surface area (Å²) in [5.41, 5.74) is 6.93. The van der Waals surface area contributed by atoms with Crippen LogP contribution in [0.1, 0.15) is 49.3 Å². The molecule has 1 aromatic heterocycles. The maximum Gasteiger partial charge on any atom is 0.0508 e. The summed E-state index contributed by atoms with van der Waals surface area (Å²) >= 11 is 1.87. The van der Waals surface area contributed by atoms with Crippen LogP contribution in [0.15, 0.2) is 12.1 Å². The summed E-state index contributed by atoms with van der Waals surface area (Å²) < 4.78 is 0. The van der Waals surface area contributed by atoms with Gasteiger partial charge in [-0.15, -0.1) is 11.3 Å². The lowest BCUT2D eigenvalue weighted by molar-refractivity contribution is 0.154. The fourth-order valence-electron chi connectivity index (χ4n) is 2.83. The van der Waals surface area contributed by atoms with Gasteiger partial charge in [0.15, 0.2) is 0 Å². The molecule has 0 saturated heterocycles. The van der Waals surface area contributed by atoms with Gasteiger partial charge in [-0.1, -0.05) is 20.3 Å². The molecule has 84 valence electrons. The SMILES string of the molecule is Cc1ccc(C2(N)CCCC(C)(C)C2)s1. The lowest BCUT2D eigenvalue weighted by Crippen LogP contribution is -2.43. The zero-order chi connectivity index (χ0) is 11.1. The van der Waals surface area contributed by atoms with Crippen molar-refractivity contribution in [3.05, 3.63) is 21.9 Å². The number of rotatable bonds is 1. The van der Waals surface area contributed by atoms with E-state index in [1.54, 1.807) is 0 Å². The second-order valence-electron chi connectivity index (χ2n) is 5.76. The molecule has 1 aliphatic rings. The van der Waals surface area contributed by atoms with Crippen LogP contribution in [0.3, 0.4) is 0 Å². The summed E-state index contributed by atoms with van der Waals surface area (Å²) in [5.74, 6) is 0. The van der Waals surface area contributed by atoms with Gasteiger partial charge in [0.2, 0.25) is 0 Å². The Morgan fingerprint density at radius 2 is 2.00 bits per heavy atom. The van der Waals surface area contributed by atoms with Gasteiger partial charge in [0.05, 0.1) is 5.54 Å². The summed E-state index contributed by atoms with van der Waals surface area (Å²) in [6.45, 7) is 6.84. The zero-order valence-corrected chi connectivity index (χ0v) is 10.8. The van der Waals surface area contributed by atoms with Crippen molar-refractivity contribution < 1.29 is 0 Å². The summed E-state index contributed by atoms with van der Waals surface area (Å²) in [5, 5.41) is 0. The van der Waals surface area contributed by atoms with E-state index in [1.807, 2.05) is 11.3 Å². The van der Waals surface area contributed by atoms with Crippen molar-refractivity contribution in [1.29, 1.82) is 0 Å². The summed E-state index contributed by atoms with van der Waals surface area (Å²) in [4.78, 5) is 2.76. The zero-order valence-electron chi connectivity index (χ0n) is 9.97. The van der Waals surface area contributed by atoms with E-state index in [0.717, 1.165) is 12.8 Å². The highest BCUT2D eigenvalue weighted by molar-refractivity contribution is 7.12. The quantitative estimate of drug-likeness (QED) is 0.769. The molecule has 0 bridgehead atoms. The minimum Gasteiger partial charge on any atom is -0.321 e. The standard InChI is InChI=1S/C13H21NS/c1-10-5-6-11(15-10)13(14)8-4-7-12(2,3)9-13/h5-6H,4,7-9,14H2,1-3H3. The van der Waals surface area contributed by atoms with Crippen molar-refractivity contribution in [3.63, 3.8) is 0 Å². The maximum absolute atomic E-state index is 6.58. The smallest absolute Gasteiger partial charge is 0.0508 e. The van der Waals surface area contributed by atoms with Gasteiger partial charge in [-0.05, 0) is 43.7 Å². The van der Waals surface area contributed by atoms with Gasteiger partial charge >= 0.3 is 0 Å². The van der Waals surface area contributed by atoms with Crippen LogP contribution in [-0.2, 0) is 5.54 Å². The molecule has 1 nitrogen and oxygen atoms in total. The number of nitrogens with two attached hydrogens (primary N) is 1. The van der Waals surface area contributed by atoms with Crippen molar-refractivity contribution in [2.24, 2.45) is 11.1 Å². The normalized spacial score (nSPS) is 30.4. The molecule has 2 N–H and O–H groups in total. The Morgan fingerprint density at radius 1 is 1.27 bits per heavy atom. The molecule has 0 amide bonds. The highest BCUT2D eigenvalue weighted by atomic mass is 32.1. The highest BCUT2D eigenvalue weighted by Gasteiger charge is 2.38. The minimum atomic E-state index is -0.0549. The van der Waals surface area contributed by atoms with E-state index in [0.29, 0.717) is 5.41 Å². The van der Waals surface area contributed by atoms with Crippen LogP contribution in [0.2, 0.25) is 0 Å². The molecule has 1 heterocycles. The summed E-state index contributed by atoms with van der Waals surface area (Å²) in [6.07, 6.45) is 4.85. The van der Waals surface area contributed by atoms with Gasteiger partial charge in [-0.3, -0.25) is 0 Å². The summed E-state index contributed by atoms with van der Waals surface area (Å²) in [6, 6.07) is 4.41. The van der Waals surface area contributed by atoms with Crippen molar-refractivity contribution in [1.82, 2.24) is 0 Å². The van der Waals surface area contributed by atoms with Crippen LogP contribution in [0.4, 0.5) is 0 Å². The Labute approximate surface area is 96.7 Å². The summed E-state index contributed by atoms with van der Waals surface area (Å²) in [7, 11) is 0. The fourth-order valence-corrected chi connectivity index (χ4v) is 3.82. The van der Waals surface area contributed by atoms with E-state index in [2.05, 4.69) is 32.9 Å². The molecule has 15 heavy (non-hydrogen) atoms. The third-order valence-electron chi connectivity index (χ3n) is 3.50. The van der Waals surface area contributed by atoms with Gasteiger partial charge < -0.3 is 5.73 Å². The topological polar surface area (TPSA) is 26.0 Å². The molecule has 1 saturated carbocycles. The molecule has 2 rings (SSSR count). The second kappa shape index (κ2) is 3.60. The van der Waals surface area contributed by atoms with Crippen LogP contribution in [0.5, 0.6) is 0 Å². The van der Waals surface area contributed by atoms with Crippen molar-refractivity contribution in [3.8, 4) is 0 Å². The van der Waals surface area contributed by atoms with Crippen LogP contribution >= 0.6 is 11.3 Å². The van der Waals surface area contributed by atoms with Gasteiger partial charge in [0.1, 0.15) is 0 Å². The number of hydrogen-bond donors (Lipinski definition) is 1. The van der Waals surface area contributed by atoms with Gasteiger partial charge in [-0.2, -0.15) is 0 Å². The number of hydrogen-bond acceptors (Lipinski definition) is 2. The number of thiophene rings is 1. The van der Waals surface area contributed by atoms with E-state index in [-0.39, 0.29) is 5.54 Å². The number of aryl methyl sites for hydroxylation is 1. The molecular weight excluding hydrogens is 202 g/mol. The molecule has 0 aromatic carbocycles. The monoisotopic (exact) mass is 223 g/mol. The molecule has 1 aliphatic carbocycles. The molecule has 2 heteroatoms. The third-order valence-corrected chi connectivity index (χ3v) is 4.72. The Kier molecular flexibility index (Phi) is 2.68. The maximum atomic E-state index is 6.58. The van der Waals surface area contributed by atoms with Gasteiger partial charge in [-0.25, -0.2) is 0 Å². The largest absolute Gasteiger partial charge is 0.321 e. The van der Waals surface area contributed by atoms with E-state index in [1.165, 1.54) is 22.6 Å². The second-order valence-corrected chi connectivity index (χ2v) is 7.05. The van der Waals surface area contributed by atoms with Crippen LogP contribution < -0.4 is 5.73 Å². The average molecular weight is 223 g/mol. The van der Waals surface area contributed by atoms with Crippen LogP contribution in [0, 0.1) is 12.3 Å². The van der Waals surface area contributed by atoms with Gasteiger partial charge in [0.25, 0.3) is 0 Å². The predicted octanol–water partition coefficient (Wildman–Crippen LogP) is 3.81. The first kappa shape index (κ1) is 11.2. The molecule has 0 spiro atoms. The molecule has 1 atom stereocenters. The Morgan fingerprint density at radius 3 is 2.53 bits per heavy atom. The van der Waals surface area contributed by atoms with E-state index in [4.69, 9.17) is 5.73 Å². The lowest BCUT2D eigenvalue weighted by atomic mass is 9.68. The van der Waals surface area contributed by atoms with Crippen molar-refractivity contribution in [2.45, 2.75) is 52.0 Å². The molecule has 1 aromatic rings. The van der Waals surface area contributed by atoms with E-state index in [9.17, 15) is 0 Å². The van der Waals surface area contributed by atoms with Crippen LogP contribution in [0.25, 0.3) is 0 Å².